The average Bonchev–Trinajstić information content (AvgIpc) is 2.78. The highest BCUT2D eigenvalue weighted by molar-refractivity contribution is 5.98. The Labute approximate surface area is 104 Å². The fourth-order valence-electron chi connectivity index (χ4n) is 1.93. The summed E-state index contributed by atoms with van der Waals surface area (Å²) in [6.07, 6.45) is 8.86. The third kappa shape index (κ3) is 1.90. The van der Waals surface area contributed by atoms with E-state index in [1.807, 2.05) is 18.2 Å². The van der Waals surface area contributed by atoms with Crippen molar-refractivity contribution in [2.24, 2.45) is 4.99 Å². The van der Waals surface area contributed by atoms with Crippen molar-refractivity contribution < 1.29 is 9.90 Å². The van der Waals surface area contributed by atoms with Gasteiger partial charge in [-0.15, -0.1) is 0 Å². The van der Waals surface area contributed by atoms with Gasteiger partial charge in [0.1, 0.15) is 11.3 Å². The van der Waals surface area contributed by atoms with Gasteiger partial charge in [-0.1, -0.05) is 24.8 Å². The van der Waals surface area contributed by atoms with E-state index in [-0.39, 0.29) is 11.4 Å². The first-order chi connectivity index (χ1) is 8.69. The highest BCUT2D eigenvalue weighted by Crippen LogP contribution is 2.31. The smallest absolute Gasteiger partial charge is 0.341 e. The van der Waals surface area contributed by atoms with E-state index in [0.717, 1.165) is 18.4 Å². The molecule has 2 rings (SSSR count). The van der Waals surface area contributed by atoms with Crippen molar-refractivity contribution in [3.63, 3.8) is 0 Å². The number of hydrogen-bond donors (Lipinski definition) is 1. The summed E-state index contributed by atoms with van der Waals surface area (Å²) in [7, 11) is 0. The minimum Gasteiger partial charge on any atom is -0.477 e. The Morgan fingerprint density at radius 2 is 2.39 bits per heavy atom. The highest BCUT2D eigenvalue weighted by atomic mass is 16.4. The topological polar surface area (TPSA) is 67.5 Å². The molecule has 5 nitrogen and oxygen atoms in total. The second-order valence-electron chi connectivity index (χ2n) is 3.80. The predicted octanol–water partition coefficient (Wildman–Crippen LogP) is 2.75. The summed E-state index contributed by atoms with van der Waals surface area (Å²) in [4.78, 5) is 15.1. The third-order valence-corrected chi connectivity index (χ3v) is 2.74. The number of carboxylic acids is 1. The van der Waals surface area contributed by atoms with Crippen LogP contribution < -0.4 is 0 Å². The van der Waals surface area contributed by atoms with Crippen LogP contribution in [0.5, 0.6) is 0 Å². The SMILES string of the molecule is C=Cn1nc(C2=CC=CCC2)c(C(=O)O)c1N=C. The maximum Gasteiger partial charge on any atom is 0.341 e. The molecular weight excluding hydrogens is 230 g/mol. The first-order valence-corrected chi connectivity index (χ1v) is 5.50. The van der Waals surface area contributed by atoms with Crippen molar-refractivity contribution in [3.8, 4) is 0 Å². The number of aromatic nitrogens is 2. The van der Waals surface area contributed by atoms with Crippen LogP contribution in [0.25, 0.3) is 11.8 Å². The molecule has 0 atom stereocenters. The zero-order valence-electron chi connectivity index (χ0n) is 9.83. The first-order valence-electron chi connectivity index (χ1n) is 5.50. The second-order valence-corrected chi connectivity index (χ2v) is 3.80. The molecule has 1 aliphatic rings. The normalized spacial score (nSPS) is 14.1. The Bertz CT molecular complexity index is 579. The largest absolute Gasteiger partial charge is 0.477 e. The summed E-state index contributed by atoms with van der Waals surface area (Å²) in [5.41, 5.74) is 1.40. The van der Waals surface area contributed by atoms with Crippen LogP contribution in [0.15, 0.2) is 29.8 Å². The zero-order valence-corrected chi connectivity index (χ0v) is 9.83. The van der Waals surface area contributed by atoms with E-state index in [2.05, 4.69) is 23.4 Å². The number of aliphatic imine (C=N–C) groups is 1. The number of rotatable bonds is 4. The lowest BCUT2D eigenvalue weighted by molar-refractivity contribution is 0.0697. The van der Waals surface area contributed by atoms with Gasteiger partial charge >= 0.3 is 5.97 Å². The lowest BCUT2D eigenvalue weighted by atomic mass is 9.99. The Hall–Kier alpha value is -2.43. The van der Waals surface area contributed by atoms with Crippen LogP contribution in [0.4, 0.5) is 5.82 Å². The summed E-state index contributed by atoms with van der Waals surface area (Å²) in [5, 5.41) is 13.5. The minimum atomic E-state index is -1.06. The van der Waals surface area contributed by atoms with Gasteiger partial charge in [0.2, 0.25) is 0 Å². The maximum atomic E-state index is 11.4. The Balaban J connectivity index is 2.66. The van der Waals surface area contributed by atoms with Gasteiger partial charge < -0.3 is 5.11 Å². The van der Waals surface area contributed by atoms with Gasteiger partial charge in [0.25, 0.3) is 0 Å². The summed E-state index contributed by atoms with van der Waals surface area (Å²) in [6.45, 7) is 6.97. The standard InChI is InChI=1S/C13H13N3O2/c1-3-16-12(14-2)10(13(17)18)11(15-16)9-7-5-4-6-8-9/h3-5,7H,1-2,6,8H2,(H,17,18). The fraction of sp³-hybridized carbons (Fsp3) is 0.154. The summed E-state index contributed by atoms with van der Waals surface area (Å²) in [5.74, 6) is -0.848. The number of carbonyl (C=O) groups is 1. The van der Waals surface area contributed by atoms with Crippen LogP contribution in [0, 0.1) is 0 Å². The van der Waals surface area contributed by atoms with Crippen LogP contribution in [-0.2, 0) is 0 Å². The molecule has 0 unspecified atom stereocenters. The number of nitrogens with zero attached hydrogens (tertiary/aromatic N) is 3. The van der Waals surface area contributed by atoms with Gasteiger partial charge in [0.05, 0.1) is 0 Å². The van der Waals surface area contributed by atoms with Crippen LogP contribution in [0.1, 0.15) is 28.9 Å². The third-order valence-electron chi connectivity index (χ3n) is 2.74. The molecule has 1 heterocycles. The Morgan fingerprint density at radius 1 is 1.61 bits per heavy atom. The number of allylic oxidation sites excluding steroid dienone is 4. The number of carboxylic acid groups (broad SMARTS) is 1. The van der Waals surface area contributed by atoms with Crippen molar-refractivity contribution in [1.82, 2.24) is 9.78 Å². The monoisotopic (exact) mass is 243 g/mol. The van der Waals surface area contributed by atoms with Crippen LogP contribution in [-0.4, -0.2) is 27.6 Å². The molecular formula is C13H13N3O2. The van der Waals surface area contributed by atoms with E-state index in [9.17, 15) is 9.90 Å². The van der Waals surface area contributed by atoms with E-state index in [1.54, 1.807) is 0 Å². The van der Waals surface area contributed by atoms with Crippen molar-refractivity contribution in [2.45, 2.75) is 12.8 Å². The molecule has 0 aromatic carbocycles. The highest BCUT2D eigenvalue weighted by Gasteiger charge is 2.24. The molecule has 5 heteroatoms. The first kappa shape index (κ1) is 12.0. The van der Waals surface area contributed by atoms with Crippen molar-refractivity contribution >= 4 is 30.3 Å². The van der Waals surface area contributed by atoms with Gasteiger partial charge in [0, 0.05) is 6.20 Å². The zero-order chi connectivity index (χ0) is 13.1. The fourth-order valence-corrected chi connectivity index (χ4v) is 1.93. The quantitative estimate of drug-likeness (QED) is 0.827. The summed E-state index contributed by atoms with van der Waals surface area (Å²) < 4.78 is 1.34. The molecule has 0 radical (unpaired) electrons. The molecule has 0 amide bonds. The molecule has 1 N–H and O–H groups in total. The van der Waals surface area contributed by atoms with Gasteiger partial charge in [-0.2, -0.15) is 5.10 Å². The Kier molecular flexibility index (Phi) is 3.23. The molecule has 0 aliphatic heterocycles. The molecule has 18 heavy (non-hydrogen) atoms. The molecule has 0 spiro atoms. The molecule has 0 bridgehead atoms. The minimum absolute atomic E-state index is 0.0754. The van der Waals surface area contributed by atoms with Gasteiger partial charge in [-0.05, 0) is 25.1 Å². The summed E-state index contributed by atoms with van der Waals surface area (Å²) >= 11 is 0. The predicted molar refractivity (Wildman–Crippen MR) is 71.1 cm³/mol. The van der Waals surface area contributed by atoms with Crippen molar-refractivity contribution in [1.29, 1.82) is 0 Å². The van der Waals surface area contributed by atoms with Crippen LogP contribution in [0.3, 0.4) is 0 Å². The molecule has 1 aliphatic carbocycles. The van der Waals surface area contributed by atoms with Crippen molar-refractivity contribution in [2.75, 3.05) is 0 Å². The molecule has 92 valence electrons. The van der Waals surface area contributed by atoms with Crippen LogP contribution >= 0.6 is 0 Å². The van der Waals surface area contributed by atoms with Gasteiger partial charge in [-0.3, -0.25) is 0 Å². The molecule has 1 aromatic rings. The summed E-state index contributed by atoms with van der Waals surface area (Å²) in [6, 6.07) is 0. The van der Waals surface area contributed by atoms with E-state index < -0.39 is 5.97 Å². The van der Waals surface area contributed by atoms with E-state index in [4.69, 9.17) is 0 Å². The molecule has 1 aromatic heterocycles. The second kappa shape index (κ2) is 4.83. The van der Waals surface area contributed by atoms with Gasteiger partial charge in [-0.25, -0.2) is 14.5 Å². The van der Waals surface area contributed by atoms with Crippen molar-refractivity contribution in [3.05, 3.63) is 36.1 Å². The lowest BCUT2D eigenvalue weighted by Gasteiger charge is -2.06. The lowest BCUT2D eigenvalue weighted by Crippen LogP contribution is -2.01. The Morgan fingerprint density at radius 3 is 2.89 bits per heavy atom. The van der Waals surface area contributed by atoms with E-state index >= 15 is 0 Å². The average molecular weight is 243 g/mol. The maximum absolute atomic E-state index is 11.4. The molecule has 0 saturated heterocycles. The molecule has 0 saturated carbocycles. The van der Waals surface area contributed by atoms with E-state index in [0.29, 0.717) is 5.69 Å². The van der Waals surface area contributed by atoms with Gasteiger partial charge in [0.15, 0.2) is 5.82 Å². The molecule has 0 fully saturated rings. The number of hydrogen-bond acceptors (Lipinski definition) is 3. The number of aromatic carboxylic acids is 1. The van der Waals surface area contributed by atoms with E-state index in [1.165, 1.54) is 10.9 Å². The van der Waals surface area contributed by atoms with Crippen LogP contribution in [0.2, 0.25) is 0 Å².